The number of nitrogens with zero attached hydrogens (tertiary/aromatic N) is 2. The normalized spacial score (nSPS) is 9.60. The highest BCUT2D eigenvalue weighted by molar-refractivity contribution is 5.95. The maximum absolute atomic E-state index is 7.39. The van der Waals surface area contributed by atoms with Gasteiger partial charge in [-0.3, -0.25) is 15.8 Å². The average Bonchev–Trinajstić information content (AvgIpc) is 3.05. The fraction of sp³-hybridized carbons (Fsp3) is 0. The van der Waals surface area contributed by atoms with E-state index in [1.165, 1.54) is 6.20 Å². The van der Waals surface area contributed by atoms with Crippen LogP contribution in [0.5, 0.6) is 0 Å². The van der Waals surface area contributed by atoms with Crippen molar-refractivity contribution in [1.29, 1.82) is 10.8 Å². The predicted octanol–water partition coefficient (Wildman–Crippen LogP) is 2.82. The molecular formula is C16H16Cl2N6O. The van der Waals surface area contributed by atoms with Gasteiger partial charge in [-0.1, -0.05) is 29.4 Å². The highest BCUT2D eigenvalue weighted by Gasteiger charge is 2.10. The van der Waals surface area contributed by atoms with E-state index in [-0.39, 0.29) is 36.5 Å². The van der Waals surface area contributed by atoms with Gasteiger partial charge in [-0.15, -0.1) is 24.8 Å². The molecule has 0 aliphatic heterocycles. The summed E-state index contributed by atoms with van der Waals surface area (Å²) in [6.45, 7) is 0. The minimum absolute atomic E-state index is 0. The molecule has 130 valence electrons. The van der Waals surface area contributed by atoms with Crippen LogP contribution in [-0.4, -0.2) is 21.8 Å². The van der Waals surface area contributed by atoms with Crippen LogP contribution in [0.1, 0.15) is 11.1 Å². The van der Waals surface area contributed by atoms with Crippen molar-refractivity contribution in [2.75, 3.05) is 0 Å². The van der Waals surface area contributed by atoms with Crippen LogP contribution in [0, 0.1) is 10.8 Å². The first kappa shape index (κ1) is 20.1. The largest absolute Gasteiger partial charge is 0.384 e. The van der Waals surface area contributed by atoms with Crippen molar-refractivity contribution in [3.63, 3.8) is 0 Å². The number of nitrogen functional groups attached to an aromatic ring is 2. The Labute approximate surface area is 156 Å². The summed E-state index contributed by atoms with van der Waals surface area (Å²) in [5, 5.41) is 18.8. The van der Waals surface area contributed by atoms with E-state index in [0.29, 0.717) is 28.3 Å². The zero-order valence-electron chi connectivity index (χ0n) is 12.9. The molecule has 2 heterocycles. The van der Waals surface area contributed by atoms with Gasteiger partial charge in [-0.25, -0.2) is 0 Å². The standard InChI is InChI=1S/C16H14N6O.2ClH/c17-15(18)10-3-1-9(2-4-10)13-7-14(23-22-13)12-6-5-11(8-21-12)16(19)20;;/h1-8H,(H3,17,18)(H3,19,20);2*1H. The summed E-state index contributed by atoms with van der Waals surface area (Å²) in [5.41, 5.74) is 14.2. The molecule has 6 N–H and O–H groups in total. The highest BCUT2D eigenvalue weighted by Crippen LogP contribution is 2.25. The second kappa shape index (κ2) is 8.27. The van der Waals surface area contributed by atoms with Gasteiger partial charge in [0.25, 0.3) is 0 Å². The van der Waals surface area contributed by atoms with Crippen molar-refractivity contribution >= 4 is 36.5 Å². The fourth-order valence-corrected chi connectivity index (χ4v) is 2.05. The maximum atomic E-state index is 7.39. The zero-order valence-corrected chi connectivity index (χ0v) is 14.5. The Balaban J connectivity index is 0.00000156. The molecule has 0 saturated carbocycles. The minimum atomic E-state index is -0.0344. The Morgan fingerprint density at radius 1 is 0.840 bits per heavy atom. The number of hydrogen-bond donors (Lipinski definition) is 4. The first-order valence-electron chi connectivity index (χ1n) is 6.77. The molecule has 7 nitrogen and oxygen atoms in total. The molecule has 9 heteroatoms. The number of pyridine rings is 1. The van der Waals surface area contributed by atoms with Gasteiger partial charge in [0.15, 0.2) is 5.76 Å². The van der Waals surface area contributed by atoms with Crippen molar-refractivity contribution < 1.29 is 4.52 Å². The van der Waals surface area contributed by atoms with E-state index in [1.54, 1.807) is 30.3 Å². The SMILES string of the molecule is Cl.Cl.N=C(N)c1ccc(-c2cc(-c3ccc(C(=N)N)cn3)on2)cc1. The smallest absolute Gasteiger partial charge is 0.185 e. The van der Waals surface area contributed by atoms with Gasteiger partial charge in [-0.2, -0.15) is 0 Å². The number of aromatic nitrogens is 2. The highest BCUT2D eigenvalue weighted by atomic mass is 35.5. The number of hydrogen-bond acceptors (Lipinski definition) is 5. The van der Waals surface area contributed by atoms with Gasteiger partial charge >= 0.3 is 0 Å². The van der Waals surface area contributed by atoms with Crippen LogP contribution in [0.2, 0.25) is 0 Å². The molecule has 0 aliphatic carbocycles. The molecule has 0 atom stereocenters. The Morgan fingerprint density at radius 2 is 1.44 bits per heavy atom. The van der Waals surface area contributed by atoms with E-state index >= 15 is 0 Å². The molecule has 0 fully saturated rings. The van der Waals surface area contributed by atoms with Crippen LogP contribution < -0.4 is 11.5 Å². The first-order chi connectivity index (χ1) is 11.0. The van der Waals surface area contributed by atoms with Crippen molar-refractivity contribution in [2.24, 2.45) is 11.5 Å². The lowest BCUT2D eigenvalue weighted by Crippen LogP contribution is -2.11. The summed E-state index contributed by atoms with van der Waals surface area (Å²) in [6.07, 6.45) is 1.52. The molecule has 0 aliphatic rings. The molecule has 0 radical (unpaired) electrons. The number of rotatable bonds is 4. The zero-order chi connectivity index (χ0) is 16.4. The molecule has 2 aromatic heterocycles. The van der Waals surface area contributed by atoms with Crippen LogP contribution >= 0.6 is 24.8 Å². The van der Waals surface area contributed by atoms with E-state index in [1.807, 2.05) is 12.1 Å². The summed E-state index contributed by atoms with van der Waals surface area (Å²) in [5.74, 6) is 0.505. The Kier molecular flexibility index (Phi) is 6.67. The second-order valence-corrected chi connectivity index (χ2v) is 4.91. The molecular weight excluding hydrogens is 363 g/mol. The Hall–Kier alpha value is -2.90. The van der Waals surface area contributed by atoms with E-state index in [4.69, 9.17) is 26.8 Å². The topological polar surface area (TPSA) is 139 Å². The number of nitrogens with two attached hydrogens (primary N) is 2. The van der Waals surface area contributed by atoms with Gasteiger partial charge in [0, 0.05) is 29.0 Å². The van der Waals surface area contributed by atoms with Gasteiger partial charge in [0.1, 0.15) is 23.1 Å². The van der Waals surface area contributed by atoms with Gasteiger partial charge in [0.05, 0.1) is 0 Å². The third-order valence-electron chi connectivity index (χ3n) is 3.33. The summed E-state index contributed by atoms with van der Waals surface area (Å²) < 4.78 is 5.32. The molecule has 0 amide bonds. The Morgan fingerprint density at radius 3 is 1.96 bits per heavy atom. The predicted molar refractivity (Wildman–Crippen MR) is 102 cm³/mol. The van der Waals surface area contributed by atoms with Crippen molar-refractivity contribution in [3.8, 4) is 22.7 Å². The number of amidine groups is 2. The average molecular weight is 379 g/mol. The summed E-state index contributed by atoms with van der Waals surface area (Å²) in [7, 11) is 0. The molecule has 0 saturated heterocycles. The monoisotopic (exact) mass is 378 g/mol. The number of nitrogens with one attached hydrogen (secondary N) is 2. The molecule has 3 rings (SSSR count). The molecule has 1 aromatic carbocycles. The van der Waals surface area contributed by atoms with E-state index in [9.17, 15) is 0 Å². The quantitative estimate of drug-likeness (QED) is 0.408. The van der Waals surface area contributed by atoms with Gasteiger partial charge < -0.3 is 16.0 Å². The van der Waals surface area contributed by atoms with Crippen molar-refractivity contribution in [3.05, 3.63) is 59.8 Å². The summed E-state index contributed by atoms with van der Waals surface area (Å²) in [4.78, 5) is 4.22. The molecule has 3 aromatic rings. The maximum Gasteiger partial charge on any atom is 0.185 e. The third-order valence-corrected chi connectivity index (χ3v) is 3.33. The second-order valence-electron chi connectivity index (χ2n) is 4.91. The lowest BCUT2D eigenvalue weighted by Gasteiger charge is -1.99. The molecule has 0 bridgehead atoms. The lowest BCUT2D eigenvalue weighted by molar-refractivity contribution is 0.433. The van der Waals surface area contributed by atoms with Crippen LogP contribution in [-0.2, 0) is 0 Å². The van der Waals surface area contributed by atoms with Crippen LogP contribution in [0.4, 0.5) is 0 Å². The molecule has 0 unspecified atom stereocenters. The van der Waals surface area contributed by atoms with Gasteiger partial charge in [-0.05, 0) is 12.1 Å². The minimum Gasteiger partial charge on any atom is -0.384 e. The van der Waals surface area contributed by atoms with Crippen molar-refractivity contribution in [1.82, 2.24) is 10.1 Å². The van der Waals surface area contributed by atoms with E-state index < -0.39 is 0 Å². The van der Waals surface area contributed by atoms with Crippen molar-refractivity contribution in [2.45, 2.75) is 0 Å². The van der Waals surface area contributed by atoms with Crippen LogP contribution in [0.25, 0.3) is 22.7 Å². The molecule has 0 spiro atoms. The fourth-order valence-electron chi connectivity index (χ4n) is 2.05. The lowest BCUT2D eigenvalue weighted by atomic mass is 10.1. The van der Waals surface area contributed by atoms with Crippen LogP contribution in [0.3, 0.4) is 0 Å². The van der Waals surface area contributed by atoms with Crippen LogP contribution in [0.15, 0.2) is 53.2 Å². The molecule has 25 heavy (non-hydrogen) atoms. The van der Waals surface area contributed by atoms with E-state index in [2.05, 4.69) is 10.1 Å². The third kappa shape index (κ3) is 4.34. The number of halogens is 2. The summed E-state index contributed by atoms with van der Waals surface area (Å²) >= 11 is 0. The summed E-state index contributed by atoms with van der Waals surface area (Å²) in [6, 6.07) is 12.4. The number of benzene rings is 1. The first-order valence-corrected chi connectivity index (χ1v) is 6.77. The van der Waals surface area contributed by atoms with Gasteiger partial charge in [0.2, 0.25) is 0 Å². The Bertz CT molecular complexity index is 802. The van der Waals surface area contributed by atoms with E-state index in [0.717, 1.165) is 5.56 Å².